The van der Waals surface area contributed by atoms with Crippen LogP contribution in [0.3, 0.4) is 0 Å². The number of rotatable bonds is 4. The summed E-state index contributed by atoms with van der Waals surface area (Å²) in [5.41, 5.74) is 0.0504. The van der Waals surface area contributed by atoms with Gasteiger partial charge >= 0.3 is 0 Å². The van der Waals surface area contributed by atoms with E-state index in [2.05, 4.69) is 0 Å². The standard InChI is InChI=1S/C15H18N2O3S/c18-14(16-8-10-20-11-9-16)6-3-7-17-15(19)12-4-1-2-5-13(12)21-17/h1-2,4-5H,3,6-11H2. The van der Waals surface area contributed by atoms with Crippen molar-refractivity contribution in [1.82, 2.24) is 8.86 Å². The summed E-state index contributed by atoms with van der Waals surface area (Å²) >= 11 is 1.47. The molecular weight excluding hydrogens is 288 g/mol. The van der Waals surface area contributed by atoms with Gasteiger partial charge < -0.3 is 9.64 Å². The highest BCUT2D eigenvalue weighted by Crippen LogP contribution is 2.16. The van der Waals surface area contributed by atoms with Crippen LogP contribution in [0.2, 0.25) is 0 Å². The molecule has 0 unspecified atom stereocenters. The summed E-state index contributed by atoms with van der Waals surface area (Å²) in [6, 6.07) is 7.62. The highest BCUT2D eigenvalue weighted by atomic mass is 32.1. The lowest BCUT2D eigenvalue weighted by molar-refractivity contribution is -0.135. The fraction of sp³-hybridized carbons (Fsp3) is 0.467. The molecule has 1 aliphatic rings. The molecular formula is C15H18N2O3S. The van der Waals surface area contributed by atoms with E-state index in [0.717, 1.165) is 10.1 Å². The van der Waals surface area contributed by atoms with E-state index < -0.39 is 0 Å². The second-order valence-electron chi connectivity index (χ2n) is 5.09. The summed E-state index contributed by atoms with van der Waals surface area (Å²) in [5, 5.41) is 0.766. The Morgan fingerprint density at radius 3 is 2.76 bits per heavy atom. The molecule has 112 valence electrons. The Kier molecular flexibility index (Phi) is 4.36. The number of nitrogens with zero attached hydrogens (tertiary/aromatic N) is 2. The maximum atomic E-state index is 12.2. The van der Waals surface area contributed by atoms with E-state index in [1.807, 2.05) is 29.2 Å². The van der Waals surface area contributed by atoms with Gasteiger partial charge in [0.15, 0.2) is 0 Å². The van der Waals surface area contributed by atoms with Crippen LogP contribution in [0.25, 0.3) is 10.1 Å². The number of morpholine rings is 1. The minimum Gasteiger partial charge on any atom is -0.378 e. The molecule has 0 radical (unpaired) electrons. The van der Waals surface area contributed by atoms with Gasteiger partial charge in [0.2, 0.25) is 5.91 Å². The van der Waals surface area contributed by atoms with Crippen LogP contribution < -0.4 is 5.56 Å². The normalized spacial score (nSPS) is 15.5. The Morgan fingerprint density at radius 2 is 2.00 bits per heavy atom. The van der Waals surface area contributed by atoms with Crippen LogP contribution in [0, 0.1) is 0 Å². The van der Waals surface area contributed by atoms with Crippen molar-refractivity contribution in [3.8, 4) is 0 Å². The van der Waals surface area contributed by atoms with Crippen molar-refractivity contribution < 1.29 is 9.53 Å². The molecule has 0 saturated carbocycles. The number of hydrogen-bond acceptors (Lipinski definition) is 4. The van der Waals surface area contributed by atoms with Gasteiger partial charge in [-0.25, -0.2) is 0 Å². The van der Waals surface area contributed by atoms with Gasteiger partial charge in [0.1, 0.15) is 0 Å². The monoisotopic (exact) mass is 306 g/mol. The summed E-state index contributed by atoms with van der Waals surface area (Å²) in [7, 11) is 0. The SMILES string of the molecule is O=C(CCCn1sc2ccccc2c1=O)N1CCOCC1. The molecule has 1 aliphatic heterocycles. The molecule has 0 spiro atoms. The maximum absolute atomic E-state index is 12.2. The molecule has 2 heterocycles. The van der Waals surface area contributed by atoms with Crippen LogP contribution in [0.5, 0.6) is 0 Å². The minimum atomic E-state index is 0.0504. The molecule has 1 amide bonds. The molecule has 1 fully saturated rings. The second kappa shape index (κ2) is 6.41. The first kappa shape index (κ1) is 14.3. The number of amides is 1. The Bertz CT molecular complexity index is 686. The van der Waals surface area contributed by atoms with Crippen molar-refractivity contribution in [3.63, 3.8) is 0 Å². The summed E-state index contributed by atoms with van der Waals surface area (Å²) < 4.78 is 7.98. The van der Waals surface area contributed by atoms with E-state index in [-0.39, 0.29) is 11.5 Å². The molecule has 1 saturated heterocycles. The van der Waals surface area contributed by atoms with Crippen molar-refractivity contribution in [2.24, 2.45) is 0 Å². The van der Waals surface area contributed by atoms with Gasteiger partial charge in [0, 0.05) is 26.1 Å². The zero-order chi connectivity index (χ0) is 14.7. The zero-order valence-corrected chi connectivity index (χ0v) is 12.6. The largest absolute Gasteiger partial charge is 0.378 e. The summed E-state index contributed by atoms with van der Waals surface area (Å²) in [5.74, 6) is 0.160. The summed E-state index contributed by atoms with van der Waals surface area (Å²) in [4.78, 5) is 26.0. The fourth-order valence-corrected chi connectivity index (χ4v) is 3.54. The van der Waals surface area contributed by atoms with Crippen LogP contribution in [-0.4, -0.2) is 41.1 Å². The third-order valence-electron chi connectivity index (χ3n) is 3.67. The number of aromatic nitrogens is 1. The average molecular weight is 306 g/mol. The Morgan fingerprint density at radius 1 is 1.24 bits per heavy atom. The number of benzene rings is 1. The lowest BCUT2D eigenvalue weighted by atomic mass is 10.2. The molecule has 0 atom stereocenters. The van der Waals surface area contributed by atoms with Crippen molar-refractivity contribution in [2.45, 2.75) is 19.4 Å². The molecule has 1 aromatic carbocycles. The van der Waals surface area contributed by atoms with Gasteiger partial charge in [-0.1, -0.05) is 23.7 Å². The molecule has 3 rings (SSSR count). The van der Waals surface area contributed by atoms with Crippen molar-refractivity contribution in [3.05, 3.63) is 34.6 Å². The third-order valence-corrected chi connectivity index (χ3v) is 4.79. The van der Waals surface area contributed by atoms with Gasteiger partial charge in [-0.2, -0.15) is 0 Å². The molecule has 0 aliphatic carbocycles. The van der Waals surface area contributed by atoms with E-state index in [0.29, 0.717) is 45.7 Å². The topological polar surface area (TPSA) is 51.5 Å². The van der Waals surface area contributed by atoms with Gasteiger partial charge in [-0.3, -0.25) is 13.5 Å². The molecule has 6 heteroatoms. The van der Waals surface area contributed by atoms with Gasteiger partial charge in [-0.05, 0) is 18.6 Å². The Balaban J connectivity index is 1.58. The van der Waals surface area contributed by atoms with Crippen molar-refractivity contribution >= 4 is 27.5 Å². The predicted octanol–water partition coefficient (Wildman–Crippen LogP) is 1.70. The number of ether oxygens (including phenoxy) is 1. The summed E-state index contributed by atoms with van der Waals surface area (Å²) in [6.07, 6.45) is 1.18. The molecule has 0 bridgehead atoms. The number of carbonyl (C=O) groups is 1. The van der Waals surface area contributed by atoms with Gasteiger partial charge in [-0.15, -0.1) is 0 Å². The highest BCUT2D eigenvalue weighted by molar-refractivity contribution is 7.13. The van der Waals surface area contributed by atoms with Crippen LogP contribution >= 0.6 is 11.5 Å². The van der Waals surface area contributed by atoms with Gasteiger partial charge in [0.05, 0.1) is 23.3 Å². The van der Waals surface area contributed by atoms with Gasteiger partial charge in [0.25, 0.3) is 5.56 Å². The van der Waals surface area contributed by atoms with E-state index in [9.17, 15) is 9.59 Å². The molecule has 21 heavy (non-hydrogen) atoms. The van der Waals surface area contributed by atoms with Crippen LogP contribution in [-0.2, 0) is 16.1 Å². The first-order valence-corrected chi connectivity index (χ1v) is 7.97. The number of carbonyl (C=O) groups excluding carboxylic acids is 1. The quantitative estimate of drug-likeness (QED) is 0.864. The molecule has 0 N–H and O–H groups in total. The second-order valence-corrected chi connectivity index (χ2v) is 6.15. The van der Waals surface area contributed by atoms with Crippen LogP contribution in [0.15, 0.2) is 29.1 Å². The lowest BCUT2D eigenvalue weighted by Crippen LogP contribution is -2.40. The number of hydrogen-bond donors (Lipinski definition) is 0. The van der Waals surface area contributed by atoms with E-state index in [1.165, 1.54) is 11.5 Å². The van der Waals surface area contributed by atoms with Crippen LogP contribution in [0.1, 0.15) is 12.8 Å². The molecule has 2 aromatic rings. The first-order chi connectivity index (χ1) is 10.3. The van der Waals surface area contributed by atoms with Crippen molar-refractivity contribution in [1.29, 1.82) is 0 Å². The average Bonchev–Trinajstić information content (AvgIpc) is 2.85. The smallest absolute Gasteiger partial charge is 0.268 e. The maximum Gasteiger partial charge on any atom is 0.268 e. The summed E-state index contributed by atoms with van der Waals surface area (Å²) in [6.45, 7) is 3.22. The van der Waals surface area contributed by atoms with E-state index in [1.54, 1.807) is 3.96 Å². The number of aryl methyl sites for hydroxylation is 1. The first-order valence-electron chi connectivity index (χ1n) is 7.20. The highest BCUT2D eigenvalue weighted by Gasteiger charge is 2.16. The predicted molar refractivity (Wildman–Crippen MR) is 82.7 cm³/mol. The zero-order valence-electron chi connectivity index (χ0n) is 11.8. The lowest BCUT2D eigenvalue weighted by Gasteiger charge is -2.26. The Labute approximate surface area is 126 Å². The number of fused-ring (bicyclic) bond motifs is 1. The minimum absolute atomic E-state index is 0.0504. The van der Waals surface area contributed by atoms with E-state index in [4.69, 9.17) is 4.74 Å². The fourth-order valence-electron chi connectivity index (χ4n) is 2.51. The third kappa shape index (κ3) is 3.16. The van der Waals surface area contributed by atoms with E-state index >= 15 is 0 Å². The Hall–Kier alpha value is -1.66. The van der Waals surface area contributed by atoms with Crippen molar-refractivity contribution in [2.75, 3.05) is 26.3 Å². The molecule has 5 nitrogen and oxygen atoms in total. The van der Waals surface area contributed by atoms with Crippen LogP contribution in [0.4, 0.5) is 0 Å². The molecule has 1 aromatic heterocycles.